The summed E-state index contributed by atoms with van der Waals surface area (Å²) >= 11 is 1.20. The molecule has 0 radical (unpaired) electrons. The highest BCUT2D eigenvalue weighted by Gasteiger charge is 2.30. The number of alkyl halides is 3. The largest absolute Gasteiger partial charge is 0.484 e. The number of hydrogen-bond acceptors (Lipinski definition) is 4. The van der Waals surface area contributed by atoms with Gasteiger partial charge in [0.15, 0.2) is 6.61 Å². The first-order valence-electron chi connectivity index (χ1n) is 6.29. The molecule has 2 N–H and O–H groups in total. The average Bonchev–Trinajstić information content (AvgIpc) is 3.04. The maximum atomic E-state index is 12.5. The Bertz CT molecular complexity index is 687. The van der Waals surface area contributed by atoms with Crippen LogP contribution >= 0.6 is 11.3 Å². The number of hydrazine groups is 1. The van der Waals surface area contributed by atoms with E-state index < -0.39 is 30.2 Å². The van der Waals surface area contributed by atoms with Crippen molar-refractivity contribution >= 4 is 23.2 Å². The van der Waals surface area contributed by atoms with Gasteiger partial charge >= 0.3 is 6.18 Å². The van der Waals surface area contributed by atoms with Gasteiger partial charge in [-0.25, -0.2) is 0 Å². The lowest BCUT2D eigenvalue weighted by Crippen LogP contribution is -2.43. The third-order valence-electron chi connectivity index (χ3n) is 2.59. The van der Waals surface area contributed by atoms with E-state index >= 15 is 0 Å². The summed E-state index contributed by atoms with van der Waals surface area (Å²) < 4.78 is 42.6. The number of ether oxygens (including phenoxy) is 1. The van der Waals surface area contributed by atoms with Crippen LogP contribution in [-0.4, -0.2) is 18.4 Å². The van der Waals surface area contributed by atoms with E-state index in [2.05, 4.69) is 10.9 Å². The molecular weight excluding hydrogens is 333 g/mol. The minimum Gasteiger partial charge on any atom is -0.484 e. The van der Waals surface area contributed by atoms with E-state index in [0.717, 1.165) is 12.1 Å². The second-order valence-corrected chi connectivity index (χ2v) is 5.24. The lowest BCUT2D eigenvalue weighted by molar-refractivity contribution is -0.137. The van der Waals surface area contributed by atoms with E-state index in [9.17, 15) is 22.8 Å². The third kappa shape index (κ3) is 4.99. The normalized spacial score (nSPS) is 10.9. The van der Waals surface area contributed by atoms with Crippen molar-refractivity contribution in [1.82, 2.24) is 10.9 Å². The van der Waals surface area contributed by atoms with Gasteiger partial charge in [0.1, 0.15) is 5.75 Å². The molecular formula is C14H11F3N2O3S. The zero-order valence-electron chi connectivity index (χ0n) is 11.5. The first-order chi connectivity index (χ1) is 10.9. The minimum atomic E-state index is -4.49. The van der Waals surface area contributed by atoms with E-state index in [4.69, 9.17) is 4.74 Å². The zero-order chi connectivity index (χ0) is 16.9. The Labute approximate surface area is 133 Å². The Hall–Kier alpha value is -2.55. The van der Waals surface area contributed by atoms with Gasteiger partial charge < -0.3 is 4.74 Å². The van der Waals surface area contributed by atoms with Crippen LogP contribution in [0.2, 0.25) is 0 Å². The highest BCUT2D eigenvalue weighted by atomic mass is 32.1. The molecule has 0 aliphatic heterocycles. The molecule has 2 rings (SSSR count). The summed E-state index contributed by atoms with van der Waals surface area (Å²) in [6.07, 6.45) is -4.49. The Kier molecular flexibility index (Phi) is 5.22. The second-order valence-electron chi connectivity index (χ2n) is 4.29. The van der Waals surface area contributed by atoms with Crippen LogP contribution in [0, 0.1) is 0 Å². The number of thiophene rings is 1. The molecule has 0 atom stereocenters. The number of rotatable bonds is 4. The standard InChI is InChI=1S/C14H11F3N2O3S/c15-14(16,17)9-3-1-4-10(7-9)22-8-12(20)18-19-13(21)11-5-2-6-23-11/h1-7H,8H2,(H,18,20)(H,19,21). The molecule has 9 heteroatoms. The van der Waals surface area contributed by atoms with E-state index in [-0.39, 0.29) is 5.75 Å². The van der Waals surface area contributed by atoms with Crippen LogP contribution in [0.15, 0.2) is 41.8 Å². The fourth-order valence-electron chi connectivity index (χ4n) is 1.54. The fourth-order valence-corrected chi connectivity index (χ4v) is 2.16. The van der Waals surface area contributed by atoms with Crippen molar-refractivity contribution in [1.29, 1.82) is 0 Å². The molecule has 0 aliphatic rings. The van der Waals surface area contributed by atoms with Gasteiger partial charge in [-0.05, 0) is 29.6 Å². The molecule has 0 bridgehead atoms. The fraction of sp³-hybridized carbons (Fsp3) is 0.143. The van der Waals surface area contributed by atoms with Crippen molar-refractivity contribution < 1.29 is 27.5 Å². The predicted octanol–water partition coefficient (Wildman–Crippen LogP) is 2.61. The highest BCUT2D eigenvalue weighted by Crippen LogP contribution is 2.31. The van der Waals surface area contributed by atoms with E-state index in [0.29, 0.717) is 4.88 Å². The molecule has 0 aliphatic carbocycles. The Morgan fingerprint density at radius 1 is 1.13 bits per heavy atom. The number of nitrogens with one attached hydrogen (secondary N) is 2. The second kappa shape index (κ2) is 7.14. The molecule has 2 aromatic rings. The zero-order valence-corrected chi connectivity index (χ0v) is 12.3. The number of carbonyl (C=O) groups excluding carboxylic acids is 2. The molecule has 2 amide bonds. The summed E-state index contributed by atoms with van der Waals surface area (Å²) in [4.78, 5) is 23.5. The SMILES string of the molecule is O=C(COc1cccc(C(F)(F)F)c1)NNC(=O)c1cccs1. The molecule has 0 saturated carbocycles. The van der Waals surface area contributed by atoms with Crippen molar-refractivity contribution in [3.8, 4) is 5.75 Å². The molecule has 0 spiro atoms. The van der Waals surface area contributed by atoms with Crippen LogP contribution in [0.4, 0.5) is 13.2 Å². The number of halogens is 3. The topological polar surface area (TPSA) is 67.4 Å². The quantitative estimate of drug-likeness (QED) is 0.838. The van der Waals surface area contributed by atoms with Gasteiger partial charge in [0.05, 0.1) is 10.4 Å². The smallest absolute Gasteiger partial charge is 0.416 e. The van der Waals surface area contributed by atoms with E-state index in [1.165, 1.54) is 23.5 Å². The molecule has 5 nitrogen and oxygen atoms in total. The third-order valence-corrected chi connectivity index (χ3v) is 3.46. The summed E-state index contributed by atoms with van der Waals surface area (Å²) in [6.45, 7) is -0.536. The molecule has 122 valence electrons. The van der Waals surface area contributed by atoms with Crippen LogP contribution < -0.4 is 15.6 Å². The molecule has 1 aromatic carbocycles. The van der Waals surface area contributed by atoms with Crippen molar-refractivity contribution in [2.24, 2.45) is 0 Å². The van der Waals surface area contributed by atoms with Crippen molar-refractivity contribution in [3.05, 3.63) is 52.2 Å². The monoisotopic (exact) mass is 344 g/mol. The van der Waals surface area contributed by atoms with Gasteiger partial charge in [0.25, 0.3) is 11.8 Å². The van der Waals surface area contributed by atoms with Gasteiger partial charge in [-0.2, -0.15) is 13.2 Å². The molecule has 0 unspecified atom stereocenters. The lowest BCUT2D eigenvalue weighted by atomic mass is 10.2. The summed E-state index contributed by atoms with van der Waals surface area (Å²) in [5.74, 6) is -1.29. The summed E-state index contributed by atoms with van der Waals surface area (Å²) in [5.41, 5.74) is 3.40. The number of benzene rings is 1. The van der Waals surface area contributed by atoms with E-state index in [1.807, 2.05) is 0 Å². The van der Waals surface area contributed by atoms with Gasteiger partial charge in [-0.15, -0.1) is 11.3 Å². The first kappa shape index (κ1) is 16.8. The molecule has 23 heavy (non-hydrogen) atoms. The molecule has 1 aromatic heterocycles. The number of amides is 2. The van der Waals surface area contributed by atoms with Crippen molar-refractivity contribution in [3.63, 3.8) is 0 Å². The number of hydrogen-bond donors (Lipinski definition) is 2. The lowest BCUT2D eigenvalue weighted by Gasteiger charge is -2.10. The van der Waals surface area contributed by atoms with Gasteiger partial charge in [0, 0.05) is 0 Å². The molecule has 1 heterocycles. The predicted molar refractivity (Wildman–Crippen MR) is 76.9 cm³/mol. The van der Waals surface area contributed by atoms with Gasteiger partial charge in [0.2, 0.25) is 0 Å². The Balaban J connectivity index is 1.82. The van der Waals surface area contributed by atoms with Crippen LogP contribution in [-0.2, 0) is 11.0 Å². The number of carbonyl (C=O) groups is 2. The summed E-state index contributed by atoms with van der Waals surface area (Å²) in [5, 5.41) is 1.70. The molecule has 0 fully saturated rings. The van der Waals surface area contributed by atoms with Crippen LogP contribution in [0.25, 0.3) is 0 Å². The van der Waals surface area contributed by atoms with Crippen LogP contribution in [0.1, 0.15) is 15.2 Å². The average molecular weight is 344 g/mol. The maximum Gasteiger partial charge on any atom is 0.416 e. The summed E-state index contributed by atoms with van der Waals surface area (Å²) in [6, 6.07) is 7.41. The maximum absolute atomic E-state index is 12.5. The Morgan fingerprint density at radius 2 is 1.91 bits per heavy atom. The van der Waals surface area contributed by atoms with Gasteiger partial charge in [-0.3, -0.25) is 20.4 Å². The van der Waals surface area contributed by atoms with E-state index in [1.54, 1.807) is 17.5 Å². The van der Waals surface area contributed by atoms with Crippen LogP contribution in [0.3, 0.4) is 0 Å². The minimum absolute atomic E-state index is 0.0976. The highest BCUT2D eigenvalue weighted by molar-refractivity contribution is 7.12. The van der Waals surface area contributed by atoms with Crippen molar-refractivity contribution in [2.75, 3.05) is 6.61 Å². The van der Waals surface area contributed by atoms with Crippen molar-refractivity contribution in [2.45, 2.75) is 6.18 Å². The first-order valence-corrected chi connectivity index (χ1v) is 7.17. The van der Waals surface area contributed by atoms with Gasteiger partial charge in [-0.1, -0.05) is 12.1 Å². The van der Waals surface area contributed by atoms with Crippen LogP contribution in [0.5, 0.6) is 5.75 Å². The summed E-state index contributed by atoms with van der Waals surface area (Å²) in [7, 11) is 0. The molecule has 0 saturated heterocycles. The Morgan fingerprint density at radius 3 is 2.57 bits per heavy atom.